The zero-order chi connectivity index (χ0) is 18.3. The van der Waals surface area contributed by atoms with Gasteiger partial charge in [0.05, 0.1) is 12.2 Å². The number of rotatable bonds is 3. The molecule has 26 heavy (non-hydrogen) atoms. The van der Waals surface area contributed by atoms with E-state index in [9.17, 15) is 13.2 Å². The van der Waals surface area contributed by atoms with Gasteiger partial charge in [-0.2, -0.15) is 13.2 Å². The monoisotopic (exact) mass is 363 g/mol. The maximum Gasteiger partial charge on any atom is 0.416 e. The minimum Gasteiger partial charge on any atom is -0.370 e. The average Bonchev–Trinajstić information content (AvgIpc) is 3.46. The van der Waals surface area contributed by atoms with Gasteiger partial charge in [0.2, 0.25) is 0 Å². The van der Waals surface area contributed by atoms with Gasteiger partial charge in [0.25, 0.3) is 0 Å². The predicted molar refractivity (Wildman–Crippen MR) is 91.1 cm³/mol. The van der Waals surface area contributed by atoms with E-state index in [4.69, 9.17) is 4.74 Å². The van der Waals surface area contributed by atoms with Crippen molar-refractivity contribution in [2.75, 3.05) is 24.6 Å². The van der Waals surface area contributed by atoms with Crippen LogP contribution in [0.25, 0.3) is 0 Å². The molecule has 1 aromatic carbocycles. The molecule has 2 fully saturated rings. The van der Waals surface area contributed by atoms with E-state index < -0.39 is 17.8 Å². The van der Waals surface area contributed by atoms with Gasteiger partial charge in [0.1, 0.15) is 17.7 Å². The summed E-state index contributed by atoms with van der Waals surface area (Å²) in [7, 11) is 0. The Labute approximate surface area is 150 Å². The molecule has 2 heterocycles. The number of aryl methyl sites for hydroxylation is 1. The van der Waals surface area contributed by atoms with Crippen LogP contribution in [-0.2, 0) is 10.9 Å². The summed E-state index contributed by atoms with van der Waals surface area (Å²) in [5.41, 5.74) is 0.429. The van der Waals surface area contributed by atoms with Crippen LogP contribution in [0, 0.1) is 6.92 Å². The maximum absolute atomic E-state index is 13.3. The van der Waals surface area contributed by atoms with E-state index in [1.165, 1.54) is 12.1 Å². The average molecular weight is 363 g/mol. The van der Waals surface area contributed by atoms with Gasteiger partial charge in [-0.3, -0.25) is 0 Å². The summed E-state index contributed by atoms with van der Waals surface area (Å²) in [6.45, 7) is 3.23. The number of anilines is 1. The van der Waals surface area contributed by atoms with Crippen molar-refractivity contribution in [1.29, 1.82) is 0 Å². The van der Waals surface area contributed by atoms with E-state index >= 15 is 0 Å². The van der Waals surface area contributed by atoms with Crippen LogP contribution in [0.1, 0.15) is 47.5 Å². The Morgan fingerprint density at radius 1 is 1.15 bits per heavy atom. The quantitative estimate of drug-likeness (QED) is 0.817. The Morgan fingerprint density at radius 3 is 2.65 bits per heavy atom. The first-order valence-electron chi connectivity index (χ1n) is 8.80. The summed E-state index contributed by atoms with van der Waals surface area (Å²) in [4.78, 5) is 11.2. The van der Waals surface area contributed by atoms with Gasteiger partial charge >= 0.3 is 6.18 Å². The van der Waals surface area contributed by atoms with E-state index in [1.807, 2.05) is 17.9 Å². The molecule has 0 spiro atoms. The van der Waals surface area contributed by atoms with Crippen molar-refractivity contribution in [2.24, 2.45) is 0 Å². The molecule has 4 nitrogen and oxygen atoms in total. The van der Waals surface area contributed by atoms with E-state index in [2.05, 4.69) is 9.97 Å². The van der Waals surface area contributed by atoms with Gasteiger partial charge in [-0.25, -0.2) is 9.97 Å². The molecular weight excluding hydrogens is 343 g/mol. The fourth-order valence-corrected chi connectivity index (χ4v) is 3.34. The number of hydrogen-bond acceptors (Lipinski definition) is 4. The molecule has 1 atom stereocenters. The minimum atomic E-state index is -4.40. The Balaban J connectivity index is 1.61. The van der Waals surface area contributed by atoms with Crippen molar-refractivity contribution in [3.8, 4) is 0 Å². The molecule has 1 aliphatic carbocycles. The summed E-state index contributed by atoms with van der Waals surface area (Å²) in [5, 5.41) is 0. The van der Waals surface area contributed by atoms with E-state index in [-0.39, 0.29) is 5.56 Å². The highest BCUT2D eigenvalue weighted by molar-refractivity contribution is 5.42. The fourth-order valence-electron chi connectivity index (χ4n) is 3.34. The number of ether oxygens (including phenoxy) is 1. The summed E-state index contributed by atoms with van der Waals surface area (Å²) >= 11 is 0. The highest BCUT2D eigenvalue weighted by Crippen LogP contribution is 2.39. The molecule has 0 radical (unpaired) electrons. The second-order valence-electron chi connectivity index (χ2n) is 6.89. The Morgan fingerprint density at radius 2 is 1.92 bits per heavy atom. The van der Waals surface area contributed by atoms with E-state index in [0.717, 1.165) is 36.2 Å². The van der Waals surface area contributed by atoms with Gasteiger partial charge in [-0.1, -0.05) is 18.2 Å². The molecule has 138 valence electrons. The predicted octanol–water partition coefficient (Wildman–Crippen LogP) is 4.26. The number of halogens is 3. The molecule has 0 N–H and O–H groups in total. The number of benzene rings is 1. The normalized spacial score (nSPS) is 21.1. The van der Waals surface area contributed by atoms with Gasteiger partial charge in [-0.15, -0.1) is 0 Å². The summed E-state index contributed by atoms with van der Waals surface area (Å²) in [6, 6.07) is 7.52. The summed E-state index contributed by atoms with van der Waals surface area (Å²) in [5.74, 6) is 2.05. The molecule has 2 aromatic rings. The number of morpholine rings is 1. The van der Waals surface area contributed by atoms with Crippen molar-refractivity contribution >= 4 is 5.82 Å². The summed E-state index contributed by atoms with van der Waals surface area (Å²) in [6.07, 6.45) is -2.82. The van der Waals surface area contributed by atoms with Crippen molar-refractivity contribution in [3.05, 3.63) is 53.0 Å². The molecular formula is C19H20F3N3O. The molecule has 1 saturated heterocycles. The number of hydrogen-bond donors (Lipinski definition) is 0. The van der Waals surface area contributed by atoms with Crippen LogP contribution in [-0.4, -0.2) is 29.7 Å². The first kappa shape index (κ1) is 17.3. The maximum atomic E-state index is 13.3. The SMILES string of the molecule is Cc1cc(N2CCO[C@H](c3ccccc3C(F)(F)F)C2)nc(C2CC2)n1. The standard InChI is InChI=1S/C19H20F3N3O/c1-12-10-17(24-18(23-12)13-6-7-13)25-8-9-26-16(11-25)14-4-2-3-5-15(14)19(20,21)22/h2-5,10,13,16H,6-9,11H2,1H3/t16-/m0/s1. The molecule has 1 aromatic heterocycles. The highest BCUT2D eigenvalue weighted by Gasteiger charge is 2.37. The Bertz CT molecular complexity index is 805. The Hall–Kier alpha value is -2.15. The molecule has 2 aliphatic rings. The topological polar surface area (TPSA) is 38.2 Å². The van der Waals surface area contributed by atoms with Crippen LogP contribution in [0.5, 0.6) is 0 Å². The molecule has 7 heteroatoms. The third kappa shape index (κ3) is 3.53. The minimum absolute atomic E-state index is 0.179. The van der Waals surface area contributed by atoms with Crippen LogP contribution in [0.15, 0.2) is 30.3 Å². The lowest BCUT2D eigenvalue weighted by atomic mass is 10.0. The second kappa shape index (κ2) is 6.54. The first-order chi connectivity index (χ1) is 12.4. The van der Waals surface area contributed by atoms with Crippen molar-refractivity contribution in [3.63, 3.8) is 0 Å². The van der Waals surface area contributed by atoms with Crippen LogP contribution >= 0.6 is 0 Å². The molecule has 4 rings (SSSR count). The fraction of sp³-hybridized carbons (Fsp3) is 0.474. The van der Waals surface area contributed by atoms with Gasteiger partial charge < -0.3 is 9.64 Å². The molecule has 0 unspecified atom stereocenters. The van der Waals surface area contributed by atoms with Crippen molar-refractivity contribution in [2.45, 2.75) is 38.0 Å². The van der Waals surface area contributed by atoms with Gasteiger partial charge in [0.15, 0.2) is 0 Å². The molecule has 0 bridgehead atoms. The summed E-state index contributed by atoms with van der Waals surface area (Å²) < 4.78 is 45.7. The van der Waals surface area contributed by atoms with E-state index in [0.29, 0.717) is 25.6 Å². The lowest BCUT2D eigenvalue weighted by Gasteiger charge is -2.35. The zero-order valence-electron chi connectivity index (χ0n) is 14.5. The zero-order valence-corrected chi connectivity index (χ0v) is 14.5. The Kier molecular flexibility index (Phi) is 4.34. The lowest BCUT2D eigenvalue weighted by molar-refractivity contribution is -0.139. The molecule has 1 aliphatic heterocycles. The van der Waals surface area contributed by atoms with Crippen LogP contribution in [0.2, 0.25) is 0 Å². The van der Waals surface area contributed by atoms with Gasteiger partial charge in [-0.05, 0) is 31.4 Å². The first-order valence-corrected chi connectivity index (χ1v) is 8.80. The second-order valence-corrected chi connectivity index (χ2v) is 6.89. The van der Waals surface area contributed by atoms with Crippen molar-refractivity contribution in [1.82, 2.24) is 9.97 Å². The highest BCUT2D eigenvalue weighted by atomic mass is 19.4. The number of nitrogens with zero attached hydrogens (tertiary/aromatic N) is 3. The molecule has 1 saturated carbocycles. The van der Waals surface area contributed by atoms with Gasteiger partial charge in [0, 0.05) is 30.8 Å². The van der Waals surface area contributed by atoms with Crippen molar-refractivity contribution < 1.29 is 17.9 Å². The lowest BCUT2D eigenvalue weighted by Crippen LogP contribution is -2.39. The van der Waals surface area contributed by atoms with E-state index in [1.54, 1.807) is 6.07 Å². The number of aromatic nitrogens is 2. The third-order valence-corrected chi connectivity index (χ3v) is 4.80. The molecule has 0 amide bonds. The smallest absolute Gasteiger partial charge is 0.370 e. The number of alkyl halides is 3. The van der Waals surface area contributed by atoms with Crippen LogP contribution in [0.3, 0.4) is 0 Å². The third-order valence-electron chi connectivity index (χ3n) is 4.80. The van der Waals surface area contributed by atoms with Crippen LogP contribution in [0.4, 0.5) is 19.0 Å². The van der Waals surface area contributed by atoms with Crippen LogP contribution < -0.4 is 4.90 Å². The largest absolute Gasteiger partial charge is 0.416 e.